The monoisotopic (exact) mass is 352 g/mol. The van der Waals surface area contributed by atoms with Gasteiger partial charge in [0, 0.05) is 12.6 Å². The lowest BCUT2D eigenvalue weighted by Gasteiger charge is -2.29. The Hall–Kier alpha value is -1.06. The van der Waals surface area contributed by atoms with Crippen LogP contribution in [-0.4, -0.2) is 24.4 Å². The van der Waals surface area contributed by atoms with Crippen molar-refractivity contribution in [2.45, 2.75) is 110 Å². The molecule has 0 aromatic carbocycles. The van der Waals surface area contributed by atoms with Crippen LogP contribution in [-0.2, 0) is 9.59 Å². The predicted molar refractivity (Wildman–Crippen MR) is 104 cm³/mol. The van der Waals surface area contributed by atoms with Crippen LogP contribution in [0.4, 0.5) is 0 Å². The Bertz CT molecular complexity index is 371. The van der Waals surface area contributed by atoms with Crippen molar-refractivity contribution in [3.8, 4) is 0 Å². The van der Waals surface area contributed by atoms with Crippen molar-refractivity contribution in [1.82, 2.24) is 10.6 Å². The van der Waals surface area contributed by atoms with Gasteiger partial charge in [0.05, 0.1) is 0 Å². The van der Waals surface area contributed by atoms with E-state index in [1.54, 1.807) is 0 Å². The molecule has 0 radical (unpaired) electrons. The molecule has 1 saturated carbocycles. The van der Waals surface area contributed by atoms with Crippen LogP contribution in [0.5, 0.6) is 0 Å². The second kappa shape index (κ2) is 14.1. The van der Waals surface area contributed by atoms with Gasteiger partial charge in [-0.05, 0) is 25.2 Å². The van der Waals surface area contributed by atoms with Crippen LogP contribution in [0.2, 0.25) is 0 Å². The molecule has 0 heterocycles. The Kier molecular flexibility index (Phi) is 12.4. The van der Waals surface area contributed by atoms with Crippen molar-refractivity contribution in [3.63, 3.8) is 0 Å². The van der Waals surface area contributed by atoms with E-state index in [0.717, 1.165) is 32.1 Å². The van der Waals surface area contributed by atoms with E-state index < -0.39 is 11.8 Å². The number of unbranched alkanes of at least 4 members (excludes halogenated alkanes) is 9. The zero-order valence-electron chi connectivity index (χ0n) is 16.6. The quantitative estimate of drug-likeness (QED) is 0.394. The fraction of sp³-hybridized carbons (Fsp3) is 0.905. The third-order valence-electron chi connectivity index (χ3n) is 5.45. The maximum absolute atomic E-state index is 11.9. The van der Waals surface area contributed by atoms with E-state index in [2.05, 4.69) is 24.5 Å². The van der Waals surface area contributed by atoms with Crippen LogP contribution < -0.4 is 10.6 Å². The fourth-order valence-electron chi connectivity index (χ4n) is 3.66. The second-order valence-electron chi connectivity index (χ2n) is 7.78. The molecule has 1 aliphatic carbocycles. The van der Waals surface area contributed by atoms with Crippen LogP contribution in [0.3, 0.4) is 0 Å². The number of hydrogen-bond acceptors (Lipinski definition) is 2. The molecule has 0 bridgehead atoms. The van der Waals surface area contributed by atoms with Gasteiger partial charge in [-0.15, -0.1) is 0 Å². The van der Waals surface area contributed by atoms with Gasteiger partial charge in [-0.25, -0.2) is 0 Å². The topological polar surface area (TPSA) is 58.2 Å². The van der Waals surface area contributed by atoms with Crippen molar-refractivity contribution in [3.05, 3.63) is 0 Å². The Morgan fingerprint density at radius 2 is 1.36 bits per heavy atom. The summed E-state index contributed by atoms with van der Waals surface area (Å²) in [6, 6.07) is 0.171. The minimum atomic E-state index is -0.464. The number of carbonyl (C=O) groups is 2. The van der Waals surface area contributed by atoms with Crippen LogP contribution >= 0.6 is 0 Å². The van der Waals surface area contributed by atoms with Gasteiger partial charge in [0.15, 0.2) is 0 Å². The van der Waals surface area contributed by atoms with Crippen LogP contribution in [0.1, 0.15) is 104 Å². The van der Waals surface area contributed by atoms with E-state index in [4.69, 9.17) is 0 Å². The lowest BCUT2D eigenvalue weighted by atomic mass is 9.86. The molecule has 2 N–H and O–H groups in total. The summed E-state index contributed by atoms with van der Waals surface area (Å²) in [4.78, 5) is 23.8. The van der Waals surface area contributed by atoms with E-state index in [0.29, 0.717) is 12.5 Å². The van der Waals surface area contributed by atoms with Crippen LogP contribution in [0, 0.1) is 5.92 Å². The van der Waals surface area contributed by atoms with Crippen molar-refractivity contribution in [2.24, 2.45) is 5.92 Å². The number of hydrogen-bond donors (Lipinski definition) is 2. The first-order valence-corrected chi connectivity index (χ1v) is 10.7. The normalized spacial score (nSPS) is 20.2. The average Bonchev–Trinajstić information content (AvgIpc) is 2.61. The first-order chi connectivity index (χ1) is 12.1. The first kappa shape index (κ1) is 22.0. The Balaban J connectivity index is 1.95. The zero-order chi connectivity index (χ0) is 18.3. The molecule has 0 aromatic rings. The van der Waals surface area contributed by atoms with Gasteiger partial charge in [0.25, 0.3) is 0 Å². The first-order valence-electron chi connectivity index (χ1n) is 10.7. The molecular weight excluding hydrogens is 312 g/mol. The van der Waals surface area contributed by atoms with Crippen molar-refractivity contribution < 1.29 is 9.59 Å². The Labute approximate surface area is 154 Å². The van der Waals surface area contributed by atoms with Gasteiger partial charge >= 0.3 is 11.8 Å². The van der Waals surface area contributed by atoms with Crippen LogP contribution in [0.15, 0.2) is 0 Å². The smallest absolute Gasteiger partial charge is 0.309 e. The van der Waals surface area contributed by atoms with E-state index in [1.165, 1.54) is 57.8 Å². The fourth-order valence-corrected chi connectivity index (χ4v) is 3.66. The minimum Gasteiger partial charge on any atom is -0.348 e. The summed E-state index contributed by atoms with van der Waals surface area (Å²) in [6.45, 7) is 5.02. The van der Waals surface area contributed by atoms with E-state index in [9.17, 15) is 9.59 Å². The number of carbonyl (C=O) groups excluding carboxylic acids is 2. The Morgan fingerprint density at radius 3 is 1.96 bits per heavy atom. The highest BCUT2D eigenvalue weighted by Gasteiger charge is 2.25. The van der Waals surface area contributed by atoms with Crippen molar-refractivity contribution in [2.75, 3.05) is 6.54 Å². The number of rotatable bonds is 12. The summed E-state index contributed by atoms with van der Waals surface area (Å²) in [5, 5.41) is 5.67. The zero-order valence-corrected chi connectivity index (χ0v) is 16.6. The highest BCUT2D eigenvalue weighted by atomic mass is 16.2. The summed E-state index contributed by atoms with van der Waals surface area (Å²) < 4.78 is 0. The number of nitrogens with one attached hydrogen (secondary N) is 2. The molecule has 0 aliphatic heterocycles. The molecule has 146 valence electrons. The standard InChI is InChI=1S/C21H40N2O2/c1-3-4-5-6-7-8-9-10-11-14-17-22-20(24)21(25)23-19-16-13-12-15-18(19)2/h18-19H,3-17H2,1-2H3,(H,22,24)(H,23,25)/t18-,19+/m0/s1. The summed E-state index contributed by atoms with van der Waals surface area (Å²) in [5.74, 6) is -0.438. The lowest BCUT2D eigenvalue weighted by molar-refractivity contribution is -0.140. The molecule has 25 heavy (non-hydrogen) atoms. The molecule has 1 aliphatic rings. The molecule has 0 spiro atoms. The van der Waals surface area contributed by atoms with Gasteiger partial charge in [0.1, 0.15) is 0 Å². The molecular formula is C21H40N2O2. The maximum Gasteiger partial charge on any atom is 0.309 e. The average molecular weight is 353 g/mol. The molecule has 2 amide bonds. The highest BCUT2D eigenvalue weighted by Crippen LogP contribution is 2.23. The summed E-state index contributed by atoms with van der Waals surface area (Å²) in [7, 11) is 0. The predicted octanol–water partition coefficient (Wildman–Crippen LogP) is 4.72. The van der Waals surface area contributed by atoms with Crippen molar-refractivity contribution >= 4 is 11.8 Å². The van der Waals surface area contributed by atoms with E-state index in [-0.39, 0.29) is 6.04 Å². The number of amides is 2. The SMILES string of the molecule is CCCCCCCCCCCCNC(=O)C(=O)N[C@@H]1CCCC[C@@H]1C. The molecule has 0 saturated heterocycles. The molecule has 2 atom stereocenters. The van der Waals surface area contributed by atoms with Gasteiger partial charge in [0.2, 0.25) is 0 Å². The molecule has 0 unspecified atom stereocenters. The lowest BCUT2D eigenvalue weighted by Crippen LogP contribution is -2.47. The summed E-state index contributed by atoms with van der Waals surface area (Å²) >= 11 is 0. The maximum atomic E-state index is 11.9. The summed E-state index contributed by atoms with van der Waals surface area (Å²) in [6.07, 6.45) is 17.3. The molecule has 0 aromatic heterocycles. The summed E-state index contributed by atoms with van der Waals surface area (Å²) in [5.41, 5.74) is 0. The van der Waals surface area contributed by atoms with Gasteiger partial charge < -0.3 is 10.6 Å². The van der Waals surface area contributed by atoms with Gasteiger partial charge in [-0.3, -0.25) is 9.59 Å². The van der Waals surface area contributed by atoms with Crippen LogP contribution in [0.25, 0.3) is 0 Å². The molecule has 1 fully saturated rings. The molecule has 1 rings (SSSR count). The Morgan fingerprint density at radius 1 is 0.800 bits per heavy atom. The third-order valence-corrected chi connectivity index (χ3v) is 5.45. The molecule has 4 nitrogen and oxygen atoms in total. The van der Waals surface area contributed by atoms with E-state index >= 15 is 0 Å². The van der Waals surface area contributed by atoms with E-state index in [1.807, 2.05) is 0 Å². The highest BCUT2D eigenvalue weighted by molar-refractivity contribution is 6.35. The minimum absolute atomic E-state index is 0.171. The van der Waals surface area contributed by atoms with Crippen molar-refractivity contribution in [1.29, 1.82) is 0 Å². The van der Waals surface area contributed by atoms with Gasteiger partial charge in [-0.2, -0.15) is 0 Å². The second-order valence-corrected chi connectivity index (χ2v) is 7.78. The molecule has 4 heteroatoms. The third kappa shape index (κ3) is 10.5. The largest absolute Gasteiger partial charge is 0.348 e. The van der Waals surface area contributed by atoms with Gasteiger partial charge in [-0.1, -0.05) is 84.5 Å².